The second-order valence-electron chi connectivity index (χ2n) is 5.82. The molecular weight excluding hydrogens is 282 g/mol. The lowest BCUT2D eigenvalue weighted by Gasteiger charge is -2.39. The van der Waals surface area contributed by atoms with Crippen molar-refractivity contribution in [3.63, 3.8) is 0 Å². The van der Waals surface area contributed by atoms with Gasteiger partial charge in [-0.1, -0.05) is 48.0 Å². The lowest BCUT2D eigenvalue weighted by atomic mass is 9.85. The molecular formula is C18H20ClNO. The van der Waals surface area contributed by atoms with Crippen molar-refractivity contribution in [1.29, 1.82) is 0 Å². The predicted molar refractivity (Wildman–Crippen MR) is 88.0 cm³/mol. The number of hydrogen-bond acceptors (Lipinski definition) is 2. The van der Waals surface area contributed by atoms with Gasteiger partial charge in [0.15, 0.2) is 0 Å². The maximum absolute atomic E-state index is 10.8. The molecule has 1 saturated heterocycles. The summed E-state index contributed by atoms with van der Waals surface area (Å²) in [6.07, 6.45) is 2.18. The zero-order valence-corrected chi connectivity index (χ0v) is 12.8. The molecule has 0 atom stereocenters. The van der Waals surface area contributed by atoms with Gasteiger partial charge in [0.05, 0.1) is 5.60 Å². The maximum Gasteiger partial charge on any atom is 0.0722 e. The molecule has 0 bridgehead atoms. The largest absolute Gasteiger partial charge is 0.389 e. The van der Waals surface area contributed by atoms with Crippen molar-refractivity contribution in [2.75, 3.05) is 18.0 Å². The van der Waals surface area contributed by atoms with Crippen LogP contribution >= 0.6 is 11.6 Å². The summed E-state index contributed by atoms with van der Waals surface area (Å²) in [7, 11) is 0. The second kappa shape index (κ2) is 6.08. The Kier molecular flexibility index (Phi) is 4.18. The van der Waals surface area contributed by atoms with Crippen LogP contribution in [0.15, 0.2) is 54.6 Å². The molecule has 3 heteroatoms. The zero-order chi connectivity index (χ0) is 14.7. The standard InChI is InChI=1S/C18H20ClNO/c19-17-9-5-4-6-15(17)14-18(21)10-12-20(13-11-18)16-7-2-1-3-8-16/h1-9,21H,10-14H2. The summed E-state index contributed by atoms with van der Waals surface area (Å²) >= 11 is 6.21. The van der Waals surface area contributed by atoms with E-state index in [1.165, 1.54) is 5.69 Å². The molecule has 2 aromatic rings. The first-order chi connectivity index (χ1) is 10.2. The van der Waals surface area contributed by atoms with E-state index in [9.17, 15) is 5.11 Å². The fraction of sp³-hybridized carbons (Fsp3) is 0.333. The first-order valence-corrected chi connectivity index (χ1v) is 7.80. The Labute approximate surface area is 131 Å². The van der Waals surface area contributed by atoms with E-state index in [1.807, 2.05) is 30.3 Å². The molecule has 3 rings (SSSR count). The number of nitrogens with zero attached hydrogens (tertiary/aromatic N) is 1. The van der Waals surface area contributed by atoms with E-state index in [4.69, 9.17) is 11.6 Å². The smallest absolute Gasteiger partial charge is 0.0722 e. The zero-order valence-electron chi connectivity index (χ0n) is 12.0. The number of para-hydroxylation sites is 1. The van der Waals surface area contributed by atoms with Crippen molar-refractivity contribution < 1.29 is 5.11 Å². The molecule has 1 N–H and O–H groups in total. The van der Waals surface area contributed by atoms with E-state index in [0.717, 1.165) is 36.5 Å². The Morgan fingerprint density at radius 1 is 0.952 bits per heavy atom. The average molecular weight is 302 g/mol. The minimum Gasteiger partial charge on any atom is -0.389 e. The maximum atomic E-state index is 10.8. The van der Waals surface area contributed by atoms with E-state index in [2.05, 4.69) is 29.2 Å². The van der Waals surface area contributed by atoms with Crippen LogP contribution in [-0.2, 0) is 6.42 Å². The van der Waals surface area contributed by atoms with Gasteiger partial charge in [-0.05, 0) is 36.6 Å². The number of anilines is 1. The Morgan fingerprint density at radius 3 is 2.24 bits per heavy atom. The lowest BCUT2D eigenvalue weighted by molar-refractivity contribution is 0.0165. The second-order valence-corrected chi connectivity index (χ2v) is 6.22. The number of aliphatic hydroxyl groups is 1. The normalized spacial score (nSPS) is 17.7. The molecule has 0 amide bonds. The highest BCUT2D eigenvalue weighted by Gasteiger charge is 2.32. The van der Waals surface area contributed by atoms with Crippen LogP contribution in [-0.4, -0.2) is 23.8 Å². The van der Waals surface area contributed by atoms with Gasteiger partial charge in [0, 0.05) is 30.2 Å². The highest BCUT2D eigenvalue weighted by molar-refractivity contribution is 6.31. The molecule has 1 fully saturated rings. The van der Waals surface area contributed by atoms with Crippen LogP contribution in [0.4, 0.5) is 5.69 Å². The Bertz CT molecular complexity index is 591. The van der Waals surface area contributed by atoms with Crippen LogP contribution in [0.25, 0.3) is 0 Å². The van der Waals surface area contributed by atoms with Crippen LogP contribution < -0.4 is 4.90 Å². The molecule has 0 radical (unpaired) electrons. The van der Waals surface area contributed by atoms with Crippen LogP contribution in [0, 0.1) is 0 Å². The van der Waals surface area contributed by atoms with Gasteiger partial charge in [-0.25, -0.2) is 0 Å². The number of piperidine rings is 1. The first kappa shape index (κ1) is 14.4. The molecule has 0 unspecified atom stereocenters. The molecule has 2 nitrogen and oxygen atoms in total. The summed E-state index contributed by atoms with van der Waals surface area (Å²) in [4.78, 5) is 2.33. The Hall–Kier alpha value is -1.51. The quantitative estimate of drug-likeness (QED) is 0.929. The van der Waals surface area contributed by atoms with E-state index in [-0.39, 0.29) is 0 Å². The molecule has 1 aliphatic rings. The van der Waals surface area contributed by atoms with Gasteiger partial charge in [0.1, 0.15) is 0 Å². The van der Waals surface area contributed by atoms with Gasteiger partial charge in [-0.15, -0.1) is 0 Å². The first-order valence-electron chi connectivity index (χ1n) is 7.42. The molecule has 0 aromatic heterocycles. The fourth-order valence-corrected chi connectivity index (χ4v) is 3.20. The number of rotatable bonds is 3. The molecule has 0 spiro atoms. The number of benzene rings is 2. The predicted octanol–water partition coefficient (Wildman–Crippen LogP) is 3.91. The third kappa shape index (κ3) is 3.39. The summed E-state index contributed by atoms with van der Waals surface area (Å²) in [5, 5.41) is 11.6. The van der Waals surface area contributed by atoms with E-state index in [0.29, 0.717) is 6.42 Å². The van der Waals surface area contributed by atoms with Gasteiger partial charge >= 0.3 is 0 Å². The van der Waals surface area contributed by atoms with E-state index in [1.54, 1.807) is 0 Å². The van der Waals surface area contributed by atoms with Crippen molar-refractivity contribution in [2.24, 2.45) is 0 Å². The van der Waals surface area contributed by atoms with Gasteiger partial charge in [-0.2, -0.15) is 0 Å². The van der Waals surface area contributed by atoms with E-state index < -0.39 is 5.60 Å². The lowest BCUT2D eigenvalue weighted by Crippen LogP contribution is -2.45. The molecule has 21 heavy (non-hydrogen) atoms. The minimum atomic E-state index is -0.643. The highest BCUT2D eigenvalue weighted by atomic mass is 35.5. The molecule has 1 heterocycles. The van der Waals surface area contributed by atoms with Crippen LogP contribution in [0.5, 0.6) is 0 Å². The molecule has 0 aliphatic carbocycles. The van der Waals surface area contributed by atoms with Gasteiger partial charge in [0.25, 0.3) is 0 Å². The summed E-state index contributed by atoms with van der Waals surface area (Å²) in [5.41, 5.74) is 1.63. The van der Waals surface area contributed by atoms with Crippen LogP contribution in [0.2, 0.25) is 5.02 Å². The van der Waals surface area contributed by atoms with Crippen molar-refractivity contribution in [3.8, 4) is 0 Å². The highest BCUT2D eigenvalue weighted by Crippen LogP contribution is 2.31. The summed E-state index contributed by atoms with van der Waals surface area (Å²) in [5.74, 6) is 0. The fourth-order valence-electron chi connectivity index (χ4n) is 2.99. The average Bonchev–Trinajstić information content (AvgIpc) is 2.51. The van der Waals surface area contributed by atoms with Crippen LogP contribution in [0.1, 0.15) is 18.4 Å². The topological polar surface area (TPSA) is 23.5 Å². The van der Waals surface area contributed by atoms with Crippen molar-refractivity contribution >= 4 is 17.3 Å². The molecule has 2 aromatic carbocycles. The molecule has 110 valence electrons. The Morgan fingerprint density at radius 2 is 1.57 bits per heavy atom. The van der Waals surface area contributed by atoms with Gasteiger partial charge in [0.2, 0.25) is 0 Å². The van der Waals surface area contributed by atoms with Crippen LogP contribution in [0.3, 0.4) is 0 Å². The van der Waals surface area contributed by atoms with Crippen molar-refractivity contribution in [2.45, 2.75) is 24.9 Å². The Balaban J connectivity index is 1.66. The number of halogens is 1. The van der Waals surface area contributed by atoms with Crippen molar-refractivity contribution in [1.82, 2.24) is 0 Å². The SMILES string of the molecule is OC1(Cc2ccccc2Cl)CCN(c2ccccc2)CC1. The summed E-state index contributed by atoms with van der Waals surface area (Å²) in [6.45, 7) is 1.76. The van der Waals surface area contributed by atoms with Gasteiger partial charge < -0.3 is 10.0 Å². The molecule has 1 aliphatic heterocycles. The van der Waals surface area contributed by atoms with Gasteiger partial charge in [-0.3, -0.25) is 0 Å². The minimum absolute atomic E-state index is 0.634. The van der Waals surface area contributed by atoms with E-state index >= 15 is 0 Å². The van der Waals surface area contributed by atoms with Crippen molar-refractivity contribution in [3.05, 3.63) is 65.2 Å². The summed E-state index contributed by atoms with van der Waals surface area (Å²) in [6, 6.07) is 18.2. The third-order valence-corrected chi connectivity index (χ3v) is 4.66. The number of hydrogen-bond donors (Lipinski definition) is 1. The third-order valence-electron chi connectivity index (χ3n) is 4.29. The monoisotopic (exact) mass is 301 g/mol. The summed E-state index contributed by atoms with van der Waals surface area (Å²) < 4.78 is 0. The molecule has 0 saturated carbocycles.